The highest BCUT2D eigenvalue weighted by Crippen LogP contribution is 2.37. The van der Waals surface area contributed by atoms with E-state index in [1.54, 1.807) is 31.5 Å². The first-order chi connectivity index (χ1) is 16.1. The largest absolute Gasteiger partial charge is 0.481 e. The van der Waals surface area contributed by atoms with Crippen LogP contribution in [0.1, 0.15) is 36.0 Å². The minimum absolute atomic E-state index is 0.0963. The second-order valence-corrected chi connectivity index (χ2v) is 7.63. The van der Waals surface area contributed by atoms with E-state index in [0.717, 1.165) is 25.1 Å². The van der Waals surface area contributed by atoms with Gasteiger partial charge in [0.05, 0.1) is 13.2 Å². The van der Waals surface area contributed by atoms with E-state index in [0.29, 0.717) is 46.2 Å². The number of anilines is 3. The Labute approximate surface area is 189 Å². The summed E-state index contributed by atoms with van der Waals surface area (Å²) in [5.41, 5.74) is 2.45. The van der Waals surface area contributed by atoms with Crippen molar-refractivity contribution in [2.24, 2.45) is 0 Å². The molecule has 0 saturated carbocycles. The Bertz CT molecular complexity index is 1320. The number of rotatable bonds is 6. The molecule has 0 radical (unpaired) electrons. The van der Waals surface area contributed by atoms with Gasteiger partial charge in [-0.1, -0.05) is 5.16 Å². The molecule has 33 heavy (non-hydrogen) atoms. The maximum Gasteiger partial charge on any atom is 0.231 e. The zero-order valence-corrected chi connectivity index (χ0v) is 18.1. The van der Waals surface area contributed by atoms with Crippen LogP contribution in [0.4, 0.5) is 17.6 Å². The van der Waals surface area contributed by atoms with Crippen molar-refractivity contribution in [1.82, 2.24) is 30.3 Å². The van der Waals surface area contributed by atoms with Crippen LogP contribution in [0.25, 0.3) is 11.3 Å². The van der Waals surface area contributed by atoms with Gasteiger partial charge in [-0.25, -0.2) is 4.98 Å². The summed E-state index contributed by atoms with van der Waals surface area (Å²) in [5.74, 6) is 2.86. The Morgan fingerprint density at radius 2 is 2.18 bits per heavy atom. The third-order valence-electron chi connectivity index (χ3n) is 5.42. The van der Waals surface area contributed by atoms with Gasteiger partial charge in [0.25, 0.3) is 0 Å². The molecule has 1 saturated heterocycles. The van der Waals surface area contributed by atoms with Gasteiger partial charge in [0.2, 0.25) is 11.8 Å². The normalized spacial score (nSPS) is 15.4. The summed E-state index contributed by atoms with van der Waals surface area (Å²) in [4.78, 5) is 15.4. The number of pyridine rings is 1. The van der Waals surface area contributed by atoms with Crippen LogP contribution >= 0.6 is 0 Å². The molecule has 4 aromatic rings. The van der Waals surface area contributed by atoms with E-state index in [4.69, 9.17) is 14.2 Å². The van der Waals surface area contributed by atoms with Gasteiger partial charge in [0, 0.05) is 42.2 Å². The van der Waals surface area contributed by atoms with Gasteiger partial charge >= 0.3 is 0 Å². The molecule has 4 aromatic heterocycles. The first-order valence-corrected chi connectivity index (χ1v) is 10.5. The van der Waals surface area contributed by atoms with Crippen LogP contribution < -0.4 is 15.0 Å². The zero-order valence-electron chi connectivity index (χ0n) is 18.1. The summed E-state index contributed by atoms with van der Waals surface area (Å²) in [7, 11) is 1.57. The SMILES string of the molecule is COc1cc(Nc2cc(C)[nH]n2)nc(N2CCCC2c2cc(-c3cccnc3C#N)no2)n1. The van der Waals surface area contributed by atoms with E-state index in [1.165, 1.54) is 0 Å². The zero-order chi connectivity index (χ0) is 22.8. The van der Waals surface area contributed by atoms with Crippen molar-refractivity contribution < 1.29 is 9.26 Å². The molecule has 1 aliphatic rings. The van der Waals surface area contributed by atoms with E-state index in [1.807, 2.05) is 19.1 Å². The van der Waals surface area contributed by atoms with Crippen LogP contribution in [0.2, 0.25) is 0 Å². The lowest BCUT2D eigenvalue weighted by atomic mass is 10.1. The van der Waals surface area contributed by atoms with Crippen LogP contribution in [0.15, 0.2) is 41.1 Å². The Kier molecular flexibility index (Phi) is 5.32. The first kappa shape index (κ1) is 20.4. The highest BCUT2D eigenvalue weighted by molar-refractivity contribution is 5.65. The molecular formula is C22H21N9O2. The molecule has 0 aromatic carbocycles. The van der Waals surface area contributed by atoms with Crippen LogP contribution in [0, 0.1) is 18.3 Å². The number of nitriles is 1. The van der Waals surface area contributed by atoms with Crippen molar-refractivity contribution in [3.05, 3.63) is 53.7 Å². The molecule has 11 heteroatoms. The van der Waals surface area contributed by atoms with Crippen LogP contribution in [-0.2, 0) is 0 Å². The molecule has 0 bridgehead atoms. The molecule has 0 spiro atoms. The molecule has 1 aliphatic heterocycles. The quantitative estimate of drug-likeness (QED) is 0.454. The minimum atomic E-state index is -0.0963. The molecule has 2 N–H and O–H groups in total. The van der Waals surface area contributed by atoms with Crippen LogP contribution in [0.3, 0.4) is 0 Å². The number of aromatic nitrogens is 6. The lowest BCUT2D eigenvalue weighted by Crippen LogP contribution is -2.24. The molecule has 0 amide bonds. The molecule has 1 fully saturated rings. The van der Waals surface area contributed by atoms with Crippen LogP contribution in [0.5, 0.6) is 5.88 Å². The average molecular weight is 443 g/mol. The topological polar surface area (TPSA) is 142 Å². The Morgan fingerprint density at radius 1 is 1.27 bits per heavy atom. The molecule has 1 atom stereocenters. The van der Waals surface area contributed by atoms with Crippen molar-refractivity contribution >= 4 is 17.6 Å². The van der Waals surface area contributed by atoms with Crippen molar-refractivity contribution in [3.63, 3.8) is 0 Å². The summed E-state index contributed by atoms with van der Waals surface area (Å²) in [6, 6.07) is 11.0. The number of aryl methyl sites for hydroxylation is 1. The lowest BCUT2D eigenvalue weighted by Gasteiger charge is -2.23. The van der Waals surface area contributed by atoms with Gasteiger partial charge in [-0.2, -0.15) is 20.3 Å². The maximum atomic E-state index is 9.35. The lowest BCUT2D eigenvalue weighted by molar-refractivity contribution is 0.361. The number of ether oxygens (including phenoxy) is 1. The van der Waals surface area contributed by atoms with E-state index < -0.39 is 0 Å². The number of hydrogen-bond acceptors (Lipinski definition) is 10. The van der Waals surface area contributed by atoms with E-state index in [-0.39, 0.29) is 6.04 Å². The standard InChI is InChI=1S/C22H21N9O2/c1-13-9-20(29-28-13)25-19-11-21(32-2)27-22(26-19)31-8-4-6-17(31)18-10-15(30-33-18)14-5-3-7-24-16(14)12-23/h3,5,7,9-11,17H,4,6,8H2,1-2H3,(H2,25,26,27,28,29). The number of methoxy groups -OCH3 is 1. The fraction of sp³-hybridized carbons (Fsp3) is 0.273. The van der Waals surface area contributed by atoms with Crippen molar-refractivity contribution in [1.29, 1.82) is 5.26 Å². The van der Waals surface area contributed by atoms with Gasteiger partial charge in [0.15, 0.2) is 11.6 Å². The van der Waals surface area contributed by atoms with Crippen molar-refractivity contribution in [3.8, 4) is 23.2 Å². The highest BCUT2D eigenvalue weighted by Gasteiger charge is 2.32. The summed E-state index contributed by atoms with van der Waals surface area (Å²) in [6.07, 6.45) is 3.38. The van der Waals surface area contributed by atoms with E-state index in [2.05, 4.69) is 41.6 Å². The second-order valence-electron chi connectivity index (χ2n) is 7.63. The molecule has 5 heterocycles. The Hall–Kier alpha value is -4.46. The number of aromatic amines is 1. The fourth-order valence-corrected chi connectivity index (χ4v) is 3.90. The van der Waals surface area contributed by atoms with E-state index in [9.17, 15) is 5.26 Å². The van der Waals surface area contributed by atoms with Crippen LogP contribution in [-0.4, -0.2) is 44.0 Å². The molecule has 0 aliphatic carbocycles. The number of H-pyrrole nitrogens is 1. The van der Waals surface area contributed by atoms with E-state index >= 15 is 0 Å². The Balaban J connectivity index is 1.45. The van der Waals surface area contributed by atoms with Gasteiger partial charge in [-0.3, -0.25) is 5.10 Å². The third kappa shape index (κ3) is 4.06. The minimum Gasteiger partial charge on any atom is -0.481 e. The summed E-state index contributed by atoms with van der Waals surface area (Å²) < 4.78 is 11.1. The predicted octanol–water partition coefficient (Wildman–Crippen LogP) is 3.52. The Morgan fingerprint density at radius 3 is 2.97 bits per heavy atom. The van der Waals surface area contributed by atoms with Crippen molar-refractivity contribution in [2.75, 3.05) is 23.9 Å². The molecule has 11 nitrogen and oxygen atoms in total. The number of hydrogen-bond donors (Lipinski definition) is 2. The van der Waals surface area contributed by atoms with Gasteiger partial charge in [0.1, 0.15) is 23.3 Å². The summed E-state index contributed by atoms with van der Waals surface area (Å²) in [5, 5.41) is 23.8. The molecule has 5 rings (SSSR count). The van der Waals surface area contributed by atoms with Gasteiger partial charge < -0.3 is 19.5 Å². The summed E-state index contributed by atoms with van der Waals surface area (Å²) in [6.45, 7) is 2.68. The average Bonchev–Trinajstić information content (AvgIpc) is 3.59. The number of nitrogens with one attached hydrogen (secondary N) is 2. The smallest absolute Gasteiger partial charge is 0.231 e. The predicted molar refractivity (Wildman–Crippen MR) is 119 cm³/mol. The van der Waals surface area contributed by atoms with Gasteiger partial charge in [-0.15, -0.1) is 0 Å². The maximum absolute atomic E-state index is 9.35. The third-order valence-corrected chi connectivity index (χ3v) is 5.42. The summed E-state index contributed by atoms with van der Waals surface area (Å²) >= 11 is 0. The molecule has 166 valence electrons. The fourth-order valence-electron chi connectivity index (χ4n) is 3.90. The molecule has 1 unspecified atom stereocenters. The second kappa shape index (κ2) is 8.58. The number of nitrogens with zero attached hydrogens (tertiary/aromatic N) is 7. The van der Waals surface area contributed by atoms with Gasteiger partial charge in [-0.05, 0) is 31.9 Å². The highest BCUT2D eigenvalue weighted by atomic mass is 16.5. The monoisotopic (exact) mass is 443 g/mol. The van der Waals surface area contributed by atoms with Crippen molar-refractivity contribution in [2.45, 2.75) is 25.8 Å². The molecular weight excluding hydrogens is 422 g/mol. The first-order valence-electron chi connectivity index (χ1n) is 10.5.